The van der Waals surface area contributed by atoms with E-state index in [1.165, 1.54) is 7.11 Å². The van der Waals surface area contributed by atoms with Gasteiger partial charge >= 0.3 is 0 Å². The molecule has 9 heteroatoms. The zero-order valence-corrected chi connectivity index (χ0v) is 14.8. The molecular formula is C16H18ClN5O3. The van der Waals surface area contributed by atoms with Gasteiger partial charge in [-0.3, -0.25) is 20.3 Å². The predicted molar refractivity (Wildman–Crippen MR) is 94.0 cm³/mol. The van der Waals surface area contributed by atoms with Gasteiger partial charge in [0.25, 0.3) is 0 Å². The molecule has 0 spiro atoms. The summed E-state index contributed by atoms with van der Waals surface area (Å²) in [4.78, 5) is 29.0. The number of amides is 2. The van der Waals surface area contributed by atoms with Crippen molar-refractivity contribution in [3.8, 4) is 5.75 Å². The van der Waals surface area contributed by atoms with Gasteiger partial charge in [-0.2, -0.15) is 4.99 Å². The number of ether oxygens (including phenoxy) is 1. The summed E-state index contributed by atoms with van der Waals surface area (Å²) in [7, 11) is 1.50. The molecule has 3 N–H and O–H groups in total. The third-order valence-electron chi connectivity index (χ3n) is 3.81. The molecule has 1 aromatic rings. The molecule has 2 amide bonds. The molecule has 25 heavy (non-hydrogen) atoms. The summed E-state index contributed by atoms with van der Waals surface area (Å²) in [5.41, 5.74) is 4.42. The highest BCUT2D eigenvalue weighted by atomic mass is 35.5. The Morgan fingerprint density at radius 1 is 1.44 bits per heavy atom. The fourth-order valence-corrected chi connectivity index (χ4v) is 2.71. The molecule has 2 aliphatic rings. The Labute approximate surface area is 149 Å². The molecule has 1 atom stereocenters. The smallest absolute Gasteiger partial charge is 0.249 e. The average Bonchev–Trinajstić information content (AvgIpc) is 2.98. The van der Waals surface area contributed by atoms with E-state index >= 15 is 0 Å². The molecule has 2 aliphatic heterocycles. The highest BCUT2D eigenvalue weighted by Crippen LogP contribution is 2.28. The second-order valence-electron chi connectivity index (χ2n) is 5.87. The number of hydrogen-bond donors (Lipinski definition) is 3. The van der Waals surface area contributed by atoms with Gasteiger partial charge in [0.15, 0.2) is 0 Å². The van der Waals surface area contributed by atoms with Crippen molar-refractivity contribution in [2.75, 3.05) is 12.4 Å². The molecule has 0 radical (unpaired) electrons. The first-order valence-electron chi connectivity index (χ1n) is 7.65. The van der Waals surface area contributed by atoms with E-state index < -0.39 is 6.04 Å². The molecule has 0 saturated carbocycles. The van der Waals surface area contributed by atoms with Crippen molar-refractivity contribution in [2.45, 2.75) is 26.3 Å². The fraction of sp³-hybridized carbons (Fsp3) is 0.312. The molecule has 8 nitrogen and oxygen atoms in total. The first kappa shape index (κ1) is 17.1. The topological polar surface area (TPSA) is 95.1 Å². The van der Waals surface area contributed by atoms with Gasteiger partial charge in [0.2, 0.25) is 17.8 Å². The zero-order valence-electron chi connectivity index (χ0n) is 14.0. The number of aliphatic imine (C=N–C) groups is 1. The number of hydrazine groups is 1. The van der Waals surface area contributed by atoms with Crippen LogP contribution < -0.4 is 20.8 Å². The number of carbonyl (C=O) groups is 2. The Morgan fingerprint density at radius 3 is 2.88 bits per heavy atom. The van der Waals surface area contributed by atoms with Crippen LogP contribution in [0.25, 0.3) is 0 Å². The number of rotatable bonds is 3. The lowest BCUT2D eigenvalue weighted by Crippen LogP contribution is -2.61. The number of nitrogens with zero attached hydrogens (tertiary/aromatic N) is 2. The number of methoxy groups -OCH3 is 1. The Hall–Kier alpha value is -2.74. The van der Waals surface area contributed by atoms with Gasteiger partial charge in [-0.25, -0.2) is 5.01 Å². The number of nitrogens with one attached hydrogen (secondary N) is 3. The minimum absolute atomic E-state index is 0.00320. The zero-order chi connectivity index (χ0) is 18.1. The van der Waals surface area contributed by atoms with Gasteiger partial charge in [-0.1, -0.05) is 11.6 Å². The van der Waals surface area contributed by atoms with Crippen LogP contribution in [0.2, 0.25) is 5.02 Å². The van der Waals surface area contributed by atoms with Crippen molar-refractivity contribution in [1.82, 2.24) is 15.8 Å². The van der Waals surface area contributed by atoms with Crippen LogP contribution in [0, 0.1) is 0 Å². The van der Waals surface area contributed by atoms with E-state index in [1.807, 2.05) is 13.8 Å². The highest BCUT2D eigenvalue weighted by Gasteiger charge is 2.39. The largest absolute Gasteiger partial charge is 0.495 e. The van der Waals surface area contributed by atoms with Gasteiger partial charge < -0.3 is 10.1 Å². The van der Waals surface area contributed by atoms with Crippen LogP contribution in [-0.2, 0) is 9.59 Å². The van der Waals surface area contributed by atoms with Crippen molar-refractivity contribution in [3.63, 3.8) is 0 Å². The molecule has 2 heterocycles. The Kier molecular flexibility index (Phi) is 4.54. The molecule has 1 saturated heterocycles. The maximum atomic E-state index is 12.8. The second-order valence-corrected chi connectivity index (χ2v) is 6.30. The highest BCUT2D eigenvalue weighted by molar-refractivity contribution is 6.31. The quantitative estimate of drug-likeness (QED) is 0.758. The summed E-state index contributed by atoms with van der Waals surface area (Å²) in [5, 5.41) is 7.44. The number of allylic oxidation sites excluding steroid dienone is 1. The summed E-state index contributed by atoms with van der Waals surface area (Å²) in [5.74, 6) is 0.753. The number of hydrogen-bond acceptors (Lipinski definition) is 6. The molecule has 0 bridgehead atoms. The number of carbonyl (C=O) groups excluding carboxylic acids is 2. The van der Waals surface area contributed by atoms with E-state index in [-0.39, 0.29) is 18.2 Å². The fourth-order valence-electron chi connectivity index (χ4n) is 2.54. The van der Waals surface area contributed by atoms with Crippen LogP contribution >= 0.6 is 11.6 Å². The average molecular weight is 364 g/mol. The van der Waals surface area contributed by atoms with Crippen molar-refractivity contribution < 1.29 is 14.3 Å². The van der Waals surface area contributed by atoms with E-state index in [0.29, 0.717) is 28.2 Å². The Morgan fingerprint density at radius 2 is 2.20 bits per heavy atom. The molecule has 3 rings (SSSR count). The number of benzene rings is 1. The summed E-state index contributed by atoms with van der Waals surface area (Å²) in [6, 6.07) is 4.16. The van der Waals surface area contributed by atoms with E-state index in [4.69, 9.17) is 16.3 Å². The van der Waals surface area contributed by atoms with Crippen molar-refractivity contribution in [3.05, 3.63) is 34.6 Å². The number of guanidine groups is 1. The number of anilines is 1. The minimum Gasteiger partial charge on any atom is -0.495 e. The maximum Gasteiger partial charge on any atom is 0.249 e. The first-order chi connectivity index (χ1) is 11.9. The predicted octanol–water partition coefficient (Wildman–Crippen LogP) is 1.60. The Bertz CT molecular complexity index is 801. The van der Waals surface area contributed by atoms with Crippen LogP contribution in [0.15, 0.2) is 34.6 Å². The minimum atomic E-state index is -0.756. The van der Waals surface area contributed by atoms with Gasteiger partial charge in [-0.05, 0) is 37.6 Å². The Balaban J connectivity index is 1.85. The SMILES string of the molecule is COc1ccc(Cl)cc1NC(=O)C1CC(=O)NC2=NC(=C(C)C)NN21. The summed E-state index contributed by atoms with van der Waals surface area (Å²) < 4.78 is 5.23. The monoisotopic (exact) mass is 363 g/mol. The van der Waals surface area contributed by atoms with Crippen molar-refractivity contribution in [2.24, 2.45) is 4.99 Å². The lowest BCUT2D eigenvalue weighted by atomic mass is 10.1. The van der Waals surface area contributed by atoms with Crippen LogP contribution in [0.3, 0.4) is 0 Å². The van der Waals surface area contributed by atoms with E-state index in [0.717, 1.165) is 5.57 Å². The molecule has 1 aromatic carbocycles. The van der Waals surface area contributed by atoms with Crippen LogP contribution in [0.5, 0.6) is 5.75 Å². The summed E-state index contributed by atoms with van der Waals surface area (Å²) in [6.45, 7) is 3.77. The summed E-state index contributed by atoms with van der Waals surface area (Å²) >= 11 is 5.99. The lowest BCUT2D eigenvalue weighted by Gasteiger charge is -2.32. The van der Waals surface area contributed by atoms with Gasteiger partial charge in [-0.15, -0.1) is 0 Å². The normalized spacial score (nSPS) is 18.8. The molecule has 1 fully saturated rings. The van der Waals surface area contributed by atoms with Crippen molar-refractivity contribution >= 4 is 35.1 Å². The van der Waals surface area contributed by atoms with Crippen LogP contribution in [0.4, 0.5) is 5.69 Å². The van der Waals surface area contributed by atoms with Gasteiger partial charge in [0.05, 0.1) is 19.2 Å². The molecular weight excluding hydrogens is 346 g/mol. The maximum absolute atomic E-state index is 12.8. The second kappa shape index (κ2) is 6.64. The van der Waals surface area contributed by atoms with E-state index in [9.17, 15) is 9.59 Å². The third kappa shape index (κ3) is 3.39. The van der Waals surface area contributed by atoms with Crippen LogP contribution in [-0.4, -0.2) is 35.9 Å². The van der Waals surface area contributed by atoms with E-state index in [1.54, 1.807) is 23.2 Å². The molecule has 0 aromatic heterocycles. The van der Waals surface area contributed by atoms with Gasteiger partial charge in [0, 0.05) is 5.02 Å². The molecule has 1 unspecified atom stereocenters. The summed E-state index contributed by atoms with van der Waals surface area (Å²) in [6.07, 6.45) is -0.00320. The third-order valence-corrected chi connectivity index (χ3v) is 4.04. The van der Waals surface area contributed by atoms with E-state index in [2.05, 4.69) is 21.1 Å². The lowest BCUT2D eigenvalue weighted by molar-refractivity contribution is -0.129. The van der Waals surface area contributed by atoms with Crippen LogP contribution in [0.1, 0.15) is 20.3 Å². The first-order valence-corrected chi connectivity index (χ1v) is 8.03. The molecule has 132 valence electrons. The molecule has 0 aliphatic carbocycles. The number of fused-ring (bicyclic) bond motifs is 1. The van der Waals surface area contributed by atoms with Gasteiger partial charge in [0.1, 0.15) is 17.6 Å². The number of halogens is 1. The van der Waals surface area contributed by atoms with Crippen molar-refractivity contribution in [1.29, 1.82) is 0 Å². The standard InChI is InChI=1S/C16H18ClN5O3/c1-8(2)14-20-16-19-13(23)7-11(22(16)21-14)15(24)18-10-6-9(17)4-5-12(10)25-3/h4-6,11,21H,7H2,1-3H3,(H,18,24)(H,19,20,23).